The van der Waals surface area contributed by atoms with Crippen molar-refractivity contribution in [3.05, 3.63) is 24.3 Å². The van der Waals surface area contributed by atoms with Crippen molar-refractivity contribution in [2.45, 2.75) is 45.3 Å². The zero-order valence-electron chi connectivity index (χ0n) is 11.4. The summed E-state index contributed by atoms with van der Waals surface area (Å²) < 4.78 is 5.84. The van der Waals surface area contributed by atoms with Crippen LogP contribution in [-0.2, 0) is 0 Å². The Balaban J connectivity index is 1.93. The molecule has 1 atom stereocenters. The maximum absolute atomic E-state index is 5.84. The number of ether oxygens (including phenoxy) is 1. The second kappa shape index (κ2) is 6.64. The van der Waals surface area contributed by atoms with Gasteiger partial charge in [-0.05, 0) is 51.4 Å². The molecular weight excluding hydrogens is 224 g/mol. The molecule has 2 rings (SSSR count). The minimum atomic E-state index is 0.277. The van der Waals surface area contributed by atoms with E-state index in [2.05, 4.69) is 42.7 Å². The van der Waals surface area contributed by atoms with Gasteiger partial charge in [-0.2, -0.15) is 0 Å². The molecule has 0 bridgehead atoms. The maximum Gasteiger partial charge on any atom is 0.121 e. The Bertz CT molecular complexity index is 361. The van der Waals surface area contributed by atoms with Crippen LogP contribution < -0.4 is 15.4 Å². The van der Waals surface area contributed by atoms with E-state index in [1.54, 1.807) is 0 Å². The molecule has 0 aliphatic carbocycles. The third kappa shape index (κ3) is 3.91. The molecule has 0 aromatic heterocycles. The van der Waals surface area contributed by atoms with Crippen LogP contribution in [0.1, 0.15) is 33.1 Å². The first-order valence-corrected chi connectivity index (χ1v) is 7.02. The summed E-state index contributed by atoms with van der Waals surface area (Å²) in [4.78, 5) is 0. The van der Waals surface area contributed by atoms with Crippen molar-refractivity contribution >= 4 is 5.69 Å². The van der Waals surface area contributed by atoms with Gasteiger partial charge in [-0.15, -0.1) is 0 Å². The molecule has 2 N–H and O–H groups in total. The predicted octanol–water partition coefficient (Wildman–Crippen LogP) is 3.03. The van der Waals surface area contributed by atoms with Crippen molar-refractivity contribution in [1.82, 2.24) is 5.32 Å². The number of benzene rings is 1. The molecule has 1 aliphatic rings. The van der Waals surface area contributed by atoms with E-state index < -0.39 is 0 Å². The first-order valence-electron chi connectivity index (χ1n) is 7.02. The van der Waals surface area contributed by atoms with Gasteiger partial charge in [-0.3, -0.25) is 0 Å². The van der Waals surface area contributed by atoms with Gasteiger partial charge in [0.15, 0.2) is 0 Å². The SMILES string of the molecule is CCC(C)Oc1cccc(NC2CCNCC2)c1. The third-order valence-corrected chi connectivity index (χ3v) is 3.46. The number of nitrogens with one attached hydrogen (secondary N) is 2. The fourth-order valence-corrected chi connectivity index (χ4v) is 2.18. The van der Waals surface area contributed by atoms with Crippen LogP contribution >= 0.6 is 0 Å². The topological polar surface area (TPSA) is 33.3 Å². The van der Waals surface area contributed by atoms with Gasteiger partial charge in [0.05, 0.1) is 6.10 Å². The number of rotatable bonds is 5. The fourth-order valence-electron chi connectivity index (χ4n) is 2.18. The molecule has 1 unspecified atom stereocenters. The number of hydrogen-bond acceptors (Lipinski definition) is 3. The van der Waals surface area contributed by atoms with Crippen LogP contribution in [0.2, 0.25) is 0 Å². The lowest BCUT2D eigenvalue weighted by Gasteiger charge is -2.25. The standard InChI is InChI=1S/C15H24N2O/c1-3-12(2)18-15-6-4-5-14(11-15)17-13-7-9-16-10-8-13/h4-6,11-13,16-17H,3,7-10H2,1-2H3. The highest BCUT2D eigenvalue weighted by Crippen LogP contribution is 2.21. The first kappa shape index (κ1) is 13.2. The van der Waals surface area contributed by atoms with Gasteiger partial charge in [0, 0.05) is 17.8 Å². The van der Waals surface area contributed by atoms with E-state index in [0.29, 0.717) is 6.04 Å². The molecule has 1 aliphatic heterocycles. The second-order valence-corrected chi connectivity index (χ2v) is 5.03. The lowest BCUT2D eigenvalue weighted by Crippen LogP contribution is -2.35. The smallest absolute Gasteiger partial charge is 0.121 e. The summed E-state index contributed by atoms with van der Waals surface area (Å²) in [5.41, 5.74) is 1.17. The highest BCUT2D eigenvalue weighted by Gasteiger charge is 2.12. The predicted molar refractivity (Wildman–Crippen MR) is 76.3 cm³/mol. The van der Waals surface area contributed by atoms with Gasteiger partial charge in [-0.1, -0.05) is 13.0 Å². The van der Waals surface area contributed by atoms with Crippen LogP contribution in [0.25, 0.3) is 0 Å². The highest BCUT2D eigenvalue weighted by molar-refractivity contribution is 5.49. The Morgan fingerprint density at radius 1 is 1.39 bits per heavy atom. The molecule has 0 radical (unpaired) electrons. The van der Waals surface area contributed by atoms with E-state index in [-0.39, 0.29) is 6.10 Å². The van der Waals surface area contributed by atoms with Gasteiger partial charge in [0.1, 0.15) is 5.75 Å². The van der Waals surface area contributed by atoms with E-state index in [1.165, 1.54) is 18.5 Å². The zero-order chi connectivity index (χ0) is 12.8. The lowest BCUT2D eigenvalue weighted by molar-refractivity contribution is 0.217. The summed E-state index contributed by atoms with van der Waals surface area (Å²) in [5.74, 6) is 0.961. The minimum absolute atomic E-state index is 0.277. The number of piperidine rings is 1. The summed E-state index contributed by atoms with van der Waals surface area (Å²) in [6.07, 6.45) is 3.69. The molecule has 0 spiro atoms. The Labute approximate surface area is 110 Å². The van der Waals surface area contributed by atoms with Crippen LogP contribution in [0.4, 0.5) is 5.69 Å². The van der Waals surface area contributed by atoms with Crippen molar-refractivity contribution in [3.8, 4) is 5.75 Å². The van der Waals surface area contributed by atoms with Crippen LogP contribution in [0.15, 0.2) is 24.3 Å². The lowest BCUT2D eigenvalue weighted by atomic mass is 10.1. The quantitative estimate of drug-likeness (QED) is 0.840. The Hall–Kier alpha value is -1.22. The van der Waals surface area contributed by atoms with Gasteiger partial charge >= 0.3 is 0 Å². The van der Waals surface area contributed by atoms with E-state index in [9.17, 15) is 0 Å². The molecule has 3 heteroatoms. The third-order valence-electron chi connectivity index (χ3n) is 3.46. The Kier molecular flexibility index (Phi) is 4.88. The van der Waals surface area contributed by atoms with Crippen molar-refractivity contribution in [1.29, 1.82) is 0 Å². The maximum atomic E-state index is 5.84. The van der Waals surface area contributed by atoms with Crippen LogP contribution in [-0.4, -0.2) is 25.2 Å². The molecule has 1 aromatic rings. The summed E-state index contributed by atoms with van der Waals surface area (Å²) in [5, 5.41) is 6.97. The summed E-state index contributed by atoms with van der Waals surface area (Å²) in [6.45, 7) is 6.47. The van der Waals surface area contributed by atoms with E-state index in [1.807, 2.05) is 6.07 Å². The fraction of sp³-hybridized carbons (Fsp3) is 0.600. The van der Waals surface area contributed by atoms with Crippen LogP contribution in [0.3, 0.4) is 0 Å². The summed E-state index contributed by atoms with van der Waals surface area (Å²) >= 11 is 0. The van der Waals surface area contributed by atoms with Gasteiger partial charge < -0.3 is 15.4 Å². The summed E-state index contributed by atoms with van der Waals surface area (Å²) in [7, 11) is 0. The molecule has 3 nitrogen and oxygen atoms in total. The van der Waals surface area contributed by atoms with Crippen molar-refractivity contribution in [2.75, 3.05) is 18.4 Å². The molecule has 1 saturated heterocycles. The van der Waals surface area contributed by atoms with Crippen molar-refractivity contribution < 1.29 is 4.74 Å². The molecule has 0 amide bonds. The van der Waals surface area contributed by atoms with Crippen LogP contribution in [0, 0.1) is 0 Å². The van der Waals surface area contributed by atoms with Crippen molar-refractivity contribution in [3.63, 3.8) is 0 Å². The van der Waals surface area contributed by atoms with E-state index >= 15 is 0 Å². The Morgan fingerprint density at radius 2 is 2.17 bits per heavy atom. The molecule has 1 heterocycles. The first-order chi connectivity index (χ1) is 8.78. The van der Waals surface area contributed by atoms with Crippen molar-refractivity contribution in [2.24, 2.45) is 0 Å². The average Bonchev–Trinajstić information content (AvgIpc) is 2.40. The minimum Gasteiger partial charge on any atom is -0.491 e. The monoisotopic (exact) mass is 248 g/mol. The number of anilines is 1. The zero-order valence-corrected chi connectivity index (χ0v) is 11.4. The van der Waals surface area contributed by atoms with Gasteiger partial charge in [0.25, 0.3) is 0 Å². The Morgan fingerprint density at radius 3 is 2.89 bits per heavy atom. The number of hydrogen-bond donors (Lipinski definition) is 2. The molecule has 100 valence electrons. The second-order valence-electron chi connectivity index (χ2n) is 5.03. The average molecular weight is 248 g/mol. The van der Waals surface area contributed by atoms with Gasteiger partial charge in [0.2, 0.25) is 0 Å². The van der Waals surface area contributed by atoms with E-state index in [0.717, 1.165) is 25.3 Å². The highest BCUT2D eigenvalue weighted by atomic mass is 16.5. The van der Waals surface area contributed by atoms with E-state index in [4.69, 9.17) is 4.74 Å². The molecule has 1 aromatic carbocycles. The molecule has 18 heavy (non-hydrogen) atoms. The van der Waals surface area contributed by atoms with Crippen LogP contribution in [0.5, 0.6) is 5.75 Å². The molecule has 0 saturated carbocycles. The normalized spacial score (nSPS) is 18.3. The van der Waals surface area contributed by atoms with Gasteiger partial charge in [-0.25, -0.2) is 0 Å². The molecule has 1 fully saturated rings. The largest absolute Gasteiger partial charge is 0.491 e. The molecular formula is C15H24N2O. The summed E-state index contributed by atoms with van der Waals surface area (Å²) in [6, 6.07) is 8.89.